The van der Waals surface area contributed by atoms with Gasteiger partial charge in [0.15, 0.2) is 0 Å². The molecule has 11 nitrogen and oxygen atoms in total. The van der Waals surface area contributed by atoms with Crippen LogP contribution in [0.5, 0.6) is 5.75 Å². The zero-order valence-corrected chi connectivity index (χ0v) is 38.0. The number of nitrogens with zero attached hydrogens (tertiary/aromatic N) is 4. The molecule has 2 unspecified atom stereocenters. The van der Waals surface area contributed by atoms with Crippen molar-refractivity contribution in [2.24, 2.45) is 0 Å². The number of phenols is 1. The van der Waals surface area contributed by atoms with Crippen LogP contribution in [0, 0.1) is 0 Å². The van der Waals surface area contributed by atoms with Gasteiger partial charge in [0.05, 0.1) is 24.5 Å². The van der Waals surface area contributed by atoms with Crippen molar-refractivity contribution in [3.8, 4) is 5.75 Å². The van der Waals surface area contributed by atoms with Crippen LogP contribution < -0.4 is 5.32 Å². The van der Waals surface area contributed by atoms with Crippen LogP contribution in [0.1, 0.15) is 81.4 Å². The third-order valence-electron chi connectivity index (χ3n) is 11.6. The number of fused-ring (bicyclic) bond motifs is 2. The van der Waals surface area contributed by atoms with Crippen LogP contribution in [-0.4, -0.2) is 80.0 Å². The number of hydrogen-bond acceptors (Lipinski definition) is 7. The molecule has 1 aromatic heterocycles. The molecule has 2 aliphatic rings. The minimum absolute atomic E-state index is 0.0409. The van der Waals surface area contributed by atoms with Crippen LogP contribution in [0.4, 0.5) is 4.79 Å². The summed E-state index contributed by atoms with van der Waals surface area (Å²) in [6.45, 7) is 2.46. The number of nitrogens with one attached hydrogen (secondary N) is 1. The van der Waals surface area contributed by atoms with Gasteiger partial charge in [-0.1, -0.05) is 140 Å². The molecule has 11 heteroatoms. The topological polar surface area (TPSA) is 132 Å². The molecule has 0 aliphatic carbocycles. The number of aromatic nitrogens is 1. The van der Waals surface area contributed by atoms with E-state index in [0.717, 1.165) is 66.1 Å². The Morgan fingerprint density at radius 3 is 2.08 bits per heavy atom. The molecule has 0 radical (unpaired) electrons. The van der Waals surface area contributed by atoms with Crippen LogP contribution in [0.15, 0.2) is 164 Å². The summed E-state index contributed by atoms with van der Waals surface area (Å²) in [5.41, 5.74) is 3.31. The number of ether oxygens (including phenoxy) is 1. The standard InChI is InChI=1S/C55H63N5O6/c1-2-3-4-5-6-7-8-9-10-11-12-13-14-15-16-17-18-19-23-31-53(63)66-42-46-38-52(62)60-50(37-43-32-34-47(61)35-33-43)54(64)58(40-45-28-24-30-49-48(45)29-25-36-56-49)41-51(60)59(46)55(65)57-39-44-26-21-20-22-27-44/h3-4,6-7,9-10,12-13,15-16,18-22,24-30,32-36,46,50-51,61H,2,5,8,11,14,17,23,31,37-42H2,1H3,(H,57,65)/b4-3-,7-6-,10-9-,13-12-,16-15-,19-18-/t46-,50?,51?/m0/s1. The molecule has 2 fully saturated rings. The molecular weight excluding hydrogens is 827 g/mol. The first-order valence-corrected chi connectivity index (χ1v) is 23.2. The first-order valence-electron chi connectivity index (χ1n) is 23.2. The normalized spacial score (nSPS) is 18.0. The highest BCUT2D eigenvalue weighted by atomic mass is 16.5. The average molecular weight is 890 g/mol. The van der Waals surface area contributed by atoms with Gasteiger partial charge in [-0.25, -0.2) is 4.79 Å². The van der Waals surface area contributed by atoms with Crippen molar-refractivity contribution >= 4 is 34.7 Å². The van der Waals surface area contributed by atoms with Gasteiger partial charge < -0.3 is 25.0 Å². The fourth-order valence-corrected chi connectivity index (χ4v) is 8.22. The van der Waals surface area contributed by atoms with Crippen LogP contribution in [0.2, 0.25) is 0 Å². The molecular formula is C55H63N5O6. The Labute approximate surface area is 389 Å². The number of rotatable bonds is 22. The fourth-order valence-electron chi connectivity index (χ4n) is 8.22. The van der Waals surface area contributed by atoms with Gasteiger partial charge >= 0.3 is 12.0 Å². The van der Waals surface area contributed by atoms with Crippen LogP contribution in [0.25, 0.3) is 10.9 Å². The quantitative estimate of drug-likeness (QED) is 0.0593. The van der Waals surface area contributed by atoms with E-state index in [1.54, 1.807) is 45.2 Å². The van der Waals surface area contributed by atoms with E-state index < -0.39 is 30.2 Å². The molecule has 66 heavy (non-hydrogen) atoms. The van der Waals surface area contributed by atoms with Crippen molar-refractivity contribution in [3.63, 3.8) is 0 Å². The number of amides is 4. The highest BCUT2D eigenvalue weighted by molar-refractivity contribution is 5.92. The Balaban J connectivity index is 1.08. The number of urea groups is 1. The lowest BCUT2D eigenvalue weighted by molar-refractivity contribution is -0.173. The summed E-state index contributed by atoms with van der Waals surface area (Å²) in [5, 5.41) is 13.9. The molecule has 2 N–H and O–H groups in total. The highest BCUT2D eigenvalue weighted by Gasteiger charge is 2.52. The molecule has 3 aromatic carbocycles. The molecule has 344 valence electrons. The number of allylic oxidation sites excluding steroid dienone is 12. The number of hydrogen-bond donors (Lipinski definition) is 2. The zero-order valence-electron chi connectivity index (χ0n) is 38.0. The Kier molecular flexibility index (Phi) is 19.1. The van der Waals surface area contributed by atoms with E-state index in [4.69, 9.17) is 4.74 Å². The second kappa shape index (κ2) is 26.1. The number of esters is 1. The van der Waals surface area contributed by atoms with Crippen molar-refractivity contribution in [1.29, 1.82) is 0 Å². The number of pyridine rings is 1. The van der Waals surface area contributed by atoms with E-state index in [0.29, 0.717) is 6.42 Å². The minimum atomic E-state index is -0.941. The van der Waals surface area contributed by atoms with Crippen molar-refractivity contribution in [1.82, 2.24) is 25.0 Å². The van der Waals surface area contributed by atoms with Crippen LogP contribution >= 0.6 is 0 Å². The van der Waals surface area contributed by atoms with Gasteiger partial charge in [-0.05, 0) is 85.9 Å². The summed E-state index contributed by atoms with van der Waals surface area (Å²) >= 11 is 0. The van der Waals surface area contributed by atoms with Gasteiger partial charge in [0.2, 0.25) is 11.8 Å². The molecule has 2 saturated heterocycles. The number of carbonyl (C=O) groups is 4. The summed E-state index contributed by atoms with van der Waals surface area (Å²) in [7, 11) is 0. The lowest BCUT2D eigenvalue weighted by atomic mass is 9.94. The van der Waals surface area contributed by atoms with Crippen LogP contribution in [-0.2, 0) is 38.6 Å². The highest BCUT2D eigenvalue weighted by Crippen LogP contribution is 2.33. The first-order chi connectivity index (χ1) is 32.3. The van der Waals surface area contributed by atoms with Gasteiger partial charge in [-0.2, -0.15) is 0 Å². The third kappa shape index (κ3) is 14.5. The lowest BCUT2D eigenvalue weighted by Gasteiger charge is -2.54. The smallest absolute Gasteiger partial charge is 0.319 e. The summed E-state index contributed by atoms with van der Waals surface area (Å²) in [6.07, 6.45) is 32.7. The van der Waals surface area contributed by atoms with E-state index in [1.165, 1.54) is 0 Å². The summed E-state index contributed by atoms with van der Waals surface area (Å²) in [4.78, 5) is 65.8. The van der Waals surface area contributed by atoms with Crippen LogP contribution in [0.3, 0.4) is 0 Å². The molecule has 3 heterocycles. The third-order valence-corrected chi connectivity index (χ3v) is 11.6. The van der Waals surface area contributed by atoms with Gasteiger partial charge in [0.25, 0.3) is 0 Å². The van der Waals surface area contributed by atoms with Crippen molar-refractivity contribution in [3.05, 3.63) is 181 Å². The van der Waals surface area contributed by atoms with Crippen molar-refractivity contribution in [2.45, 2.75) is 102 Å². The minimum Gasteiger partial charge on any atom is -0.508 e. The van der Waals surface area contributed by atoms with Crippen molar-refractivity contribution < 1.29 is 29.0 Å². The van der Waals surface area contributed by atoms with E-state index >= 15 is 0 Å². The number of piperazine rings is 1. The Hall–Kier alpha value is -7.01. The maximum Gasteiger partial charge on any atom is 0.319 e. The molecule has 0 spiro atoms. The SMILES string of the molecule is CC/C=C\C/C=C\C/C=C\C/C=C\C/C=C\C/C=C\CCC(=O)OC[C@@H]1CC(=O)N2C(Cc3ccc(O)cc3)C(=O)N(Cc3cccc4ncccc34)CC2N1C(=O)NCc1ccccc1. The average Bonchev–Trinajstić information content (AvgIpc) is 3.33. The Bertz CT molecular complexity index is 2380. The maximum atomic E-state index is 14.6. The monoisotopic (exact) mass is 889 g/mol. The Morgan fingerprint density at radius 2 is 1.41 bits per heavy atom. The lowest BCUT2D eigenvalue weighted by Crippen LogP contribution is -2.74. The summed E-state index contributed by atoms with van der Waals surface area (Å²) in [5.74, 6) is -0.901. The molecule has 0 bridgehead atoms. The van der Waals surface area contributed by atoms with Crippen molar-refractivity contribution in [2.75, 3.05) is 13.2 Å². The fraction of sp³-hybridized carbons (Fsp3) is 0.327. The van der Waals surface area contributed by atoms with E-state index in [9.17, 15) is 24.3 Å². The molecule has 6 rings (SSSR count). The van der Waals surface area contributed by atoms with E-state index in [1.807, 2.05) is 72.8 Å². The second-order valence-corrected chi connectivity index (χ2v) is 16.4. The first kappa shape index (κ1) is 48.4. The number of aromatic hydroxyl groups is 1. The molecule has 4 aromatic rings. The summed E-state index contributed by atoms with van der Waals surface area (Å²) in [6, 6.07) is 23.5. The van der Waals surface area contributed by atoms with Gasteiger partial charge in [0, 0.05) is 37.5 Å². The molecule has 3 atom stereocenters. The molecule has 0 saturated carbocycles. The predicted octanol–water partition coefficient (Wildman–Crippen LogP) is 10.1. The number of carbonyl (C=O) groups excluding carboxylic acids is 4. The van der Waals surface area contributed by atoms with Gasteiger partial charge in [-0.3, -0.25) is 24.3 Å². The zero-order chi connectivity index (χ0) is 46.4. The Morgan fingerprint density at radius 1 is 0.758 bits per heavy atom. The van der Waals surface area contributed by atoms with Gasteiger partial charge in [0.1, 0.15) is 24.6 Å². The maximum absolute atomic E-state index is 14.6. The molecule has 2 aliphatic heterocycles. The molecule has 4 amide bonds. The summed E-state index contributed by atoms with van der Waals surface area (Å²) < 4.78 is 5.81. The largest absolute Gasteiger partial charge is 0.508 e. The van der Waals surface area contributed by atoms with E-state index in [2.05, 4.69) is 78.0 Å². The second-order valence-electron chi connectivity index (χ2n) is 16.4. The van der Waals surface area contributed by atoms with E-state index in [-0.39, 0.29) is 63.1 Å². The predicted molar refractivity (Wildman–Crippen MR) is 261 cm³/mol. The number of phenolic OH excluding ortho intramolecular Hbond substituents is 1. The number of benzene rings is 3. The van der Waals surface area contributed by atoms with Gasteiger partial charge in [-0.15, -0.1) is 0 Å².